The lowest BCUT2D eigenvalue weighted by molar-refractivity contribution is 0.339. The van der Waals surface area contributed by atoms with E-state index in [1.807, 2.05) is 0 Å². The molecule has 0 fully saturated rings. The molecule has 2 unspecified atom stereocenters. The molecule has 0 amide bonds. The highest BCUT2D eigenvalue weighted by Gasteiger charge is 2.22. The first-order valence-corrected chi connectivity index (χ1v) is 7.74. The van der Waals surface area contributed by atoms with Gasteiger partial charge < -0.3 is 10.1 Å². The van der Waals surface area contributed by atoms with Gasteiger partial charge in [0, 0.05) is 18.0 Å². The first kappa shape index (κ1) is 14.4. The standard InChI is InChI=1S/C17H27NO/c1-4-10-18-16(12-13(3)5-2)15-8-6-7-14-9-11-19-17(14)15/h6-8,13,16,18H,4-5,9-12H2,1-3H3. The first-order valence-electron chi connectivity index (χ1n) is 7.74. The smallest absolute Gasteiger partial charge is 0.127 e. The van der Waals surface area contributed by atoms with Crippen molar-refractivity contribution in [3.63, 3.8) is 0 Å². The second-order valence-electron chi connectivity index (χ2n) is 5.69. The Morgan fingerprint density at radius 1 is 1.32 bits per heavy atom. The minimum absolute atomic E-state index is 0.433. The van der Waals surface area contributed by atoms with Crippen molar-refractivity contribution in [3.8, 4) is 5.75 Å². The maximum absolute atomic E-state index is 5.87. The van der Waals surface area contributed by atoms with Gasteiger partial charge in [0.25, 0.3) is 0 Å². The van der Waals surface area contributed by atoms with Crippen molar-refractivity contribution < 1.29 is 4.74 Å². The van der Waals surface area contributed by atoms with Gasteiger partial charge in [0.15, 0.2) is 0 Å². The van der Waals surface area contributed by atoms with Crippen molar-refractivity contribution >= 4 is 0 Å². The van der Waals surface area contributed by atoms with Crippen molar-refractivity contribution in [1.29, 1.82) is 0 Å². The number of para-hydroxylation sites is 1. The monoisotopic (exact) mass is 261 g/mol. The Balaban J connectivity index is 2.19. The van der Waals surface area contributed by atoms with Crippen LogP contribution in [0.1, 0.15) is 57.2 Å². The lowest BCUT2D eigenvalue weighted by Crippen LogP contribution is -2.24. The second kappa shape index (κ2) is 6.95. The quantitative estimate of drug-likeness (QED) is 0.798. The fourth-order valence-corrected chi connectivity index (χ4v) is 2.72. The molecule has 2 nitrogen and oxygen atoms in total. The van der Waals surface area contributed by atoms with E-state index in [4.69, 9.17) is 4.74 Å². The molecule has 1 N–H and O–H groups in total. The maximum atomic E-state index is 5.87. The number of hydrogen-bond acceptors (Lipinski definition) is 2. The van der Waals surface area contributed by atoms with Gasteiger partial charge in [-0.2, -0.15) is 0 Å². The third-order valence-electron chi connectivity index (χ3n) is 4.10. The Bertz CT molecular complexity index is 402. The van der Waals surface area contributed by atoms with Crippen molar-refractivity contribution in [2.45, 2.75) is 52.5 Å². The molecule has 1 heterocycles. The number of benzene rings is 1. The van der Waals surface area contributed by atoms with E-state index in [0.29, 0.717) is 6.04 Å². The van der Waals surface area contributed by atoms with Crippen molar-refractivity contribution in [2.75, 3.05) is 13.2 Å². The summed E-state index contributed by atoms with van der Waals surface area (Å²) in [6.07, 6.45) is 4.66. The van der Waals surface area contributed by atoms with E-state index in [-0.39, 0.29) is 0 Å². The van der Waals surface area contributed by atoms with Crippen molar-refractivity contribution in [2.24, 2.45) is 5.92 Å². The molecule has 0 bridgehead atoms. The Morgan fingerprint density at radius 2 is 2.16 bits per heavy atom. The molecular weight excluding hydrogens is 234 g/mol. The molecule has 1 aliphatic heterocycles. The van der Waals surface area contributed by atoms with Crippen LogP contribution in [-0.2, 0) is 6.42 Å². The molecule has 2 rings (SSSR count). The van der Waals surface area contributed by atoms with Crippen LogP contribution in [0.15, 0.2) is 18.2 Å². The Labute approximate surface area is 117 Å². The predicted molar refractivity (Wildman–Crippen MR) is 80.7 cm³/mol. The highest BCUT2D eigenvalue weighted by Crippen LogP contribution is 2.36. The third-order valence-corrected chi connectivity index (χ3v) is 4.10. The lowest BCUT2D eigenvalue weighted by Gasteiger charge is -2.24. The third kappa shape index (κ3) is 3.50. The zero-order chi connectivity index (χ0) is 13.7. The molecule has 0 saturated carbocycles. The van der Waals surface area contributed by atoms with E-state index in [0.717, 1.165) is 31.2 Å². The lowest BCUT2D eigenvalue weighted by atomic mass is 9.92. The summed E-state index contributed by atoms with van der Waals surface area (Å²) in [5.74, 6) is 1.89. The van der Waals surface area contributed by atoms with Crippen molar-refractivity contribution in [3.05, 3.63) is 29.3 Å². The topological polar surface area (TPSA) is 21.3 Å². The SMILES string of the molecule is CCCNC(CC(C)CC)c1cccc2c1OCC2. The molecule has 2 atom stereocenters. The maximum Gasteiger partial charge on any atom is 0.127 e. The van der Waals surface area contributed by atoms with Crippen LogP contribution in [0.4, 0.5) is 0 Å². The van der Waals surface area contributed by atoms with Gasteiger partial charge in [-0.05, 0) is 30.9 Å². The summed E-state index contributed by atoms with van der Waals surface area (Å²) in [4.78, 5) is 0. The number of hydrogen-bond donors (Lipinski definition) is 1. The fraction of sp³-hybridized carbons (Fsp3) is 0.647. The average molecular weight is 261 g/mol. The summed E-state index contributed by atoms with van der Waals surface area (Å²) in [6, 6.07) is 7.05. The van der Waals surface area contributed by atoms with Crippen LogP contribution in [0.2, 0.25) is 0 Å². The molecule has 0 saturated heterocycles. The molecule has 0 aliphatic carbocycles. The Hall–Kier alpha value is -1.02. The molecule has 106 valence electrons. The highest BCUT2D eigenvalue weighted by atomic mass is 16.5. The summed E-state index contributed by atoms with van der Waals surface area (Å²) in [5, 5.41) is 3.70. The predicted octanol–water partition coefficient (Wildman–Crippen LogP) is 4.10. The minimum atomic E-state index is 0.433. The highest BCUT2D eigenvalue weighted by molar-refractivity contribution is 5.45. The van der Waals surface area contributed by atoms with E-state index in [1.165, 1.54) is 30.4 Å². The molecule has 1 aromatic carbocycles. The normalized spacial score (nSPS) is 16.8. The van der Waals surface area contributed by atoms with Crippen LogP contribution in [-0.4, -0.2) is 13.2 Å². The summed E-state index contributed by atoms with van der Waals surface area (Å²) < 4.78 is 5.87. The summed E-state index contributed by atoms with van der Waals surface area (Å²) in [6.45, 7) is 8.75. The Morgan fingerprint density at radius 3 is 2.89 bits per heavy atom. The summed E-state index contributed by atoms with van der Waals surface area (Å²) in [5.41, 5.74) is 2.74. The van der Waals surface area contributed by atoms with Gasteiger partial charge in [0.05, 0.1) is 6.61 Å². The van der Waals surface area contributed by atoms with Crippen LogP contribution >= 0.6 is 0 Å². The van der Waals surface area contributed by atoms with Gasteiger partial charge in [-0.1, -0.05) is 45.4 Å². The van der Waals surface area contributed by atoms with Crippen LogP contribution in [0, 0.1) is 5.92 Å². The molecule has 1 aromatic rings. The second-order valence-corrected chi connectivity index (χ2v) is 5.69. The summed E-state index contributed by atoms with van der Waals surface area (Å²) in [7, 11) is 0. The molecule has 0 spiro atoms. The van der Waals surface area contributed by atoms with Crippen molar-refractivity contribution in [1.82, 2.24) is 5.32 Å². The largest absolute Gasteiger partial charge is 0.493 e. The summed E-state index contributed by atoms with van der Waals surface area (Å²) >= 11 is 0. The van der Waals surface area contributed by atoms with E-state index in [1.54, 1.807) is 0 Å². The molecule has 2 heteroatoms. The van der Waals surface area contributed by atoms with E-state index in [9.17, 15) is 0 Å². The number of ether oxygens (including phenoxy) is 1. The minimum Gasteiger partial charge on any atom is -0.493 e. The van der Waals surface area contributed by atoms with Crippen LogP contribution in [0.5, 0.6) is 5.75 Å². The fourth-order valence-electron chi connectivity index (χ4n) is 2.72. The average Bonchev–Trinajstić information content (AvgIpc) is 2.91. The molecule has 1 aliphatic rings. The van der Waals surface area contributed by atoms with Gasteiger partial charge in [0.1, 0.15) is 5.75 Å². The molecule has 19 heavy (non-hydrogen) atoms. The number of rotatable bonds is 7. The van der Waals surface area contributed by atoms with Gasteiger partial charge in [-0.15, -0.1) is 0 Å². The van der Waals surface area contributed by atoms with Gasteiger partial charge in [-0.3, -0.25) is 0 Å². The van der Waals surface area contributed by atoms with Crippen LogP contribution in [0.3, 0.4) is 0 Å². The Kier molecular flexibility index (Phi) is 5.26. The van der Waals surface area contributed by atoms with Crippen LogP contribution in [0.25, 0.3) is 0 Å². The first-order chi connectivity index (χ1) is 9.26. The molecular formula is C17H27NO. The molecule has 0 aromatic heterocycles. The van der Waals surface area contributed by atoms with Gasteiger partial charge in [-0.25, -0.2) is 0 Å². The van der Waals surface area contributed by atoms with Gasteiger partial charge in [0.2, 0.25) is 0 Å². The van der Waals surface area contributed by atoms with Gasteiger partial charge >= 0.3 is 0 Å². The number of nitrogens with one attached hydrogen (secondary N) is 1. The van der Waals surface area contributed by atoms with E-state index in [2.05, 4.69) is 44.3 Å². The zero-order valence-corrected chi connectivity index (χ0v) is 12.5. The number of fused-ring (bicyclic) bond motifs is 1. The molecule has 0 radical (unpaired) electrons. The van der Waals surface area contributed by atoms with E-state index < -0.39 is 0 Å². The van der Waals surface area contributed by atoms with Crippen LogP contribution < -0.4 is 10.1 Å². The zero-order valence-electron chi connectivity index (χ0n) is 12.5. The van der Waals surface area contributed by atoms with E-state index >= 15 is 0 Å².